The minimum absolute atomic E-state index is 0.0360. The van der Waals surface area contributed by atoms with Gasteiger partial charge >= 0.3 is 5.97 Å². The van der Waals surface area contributed by atoms with Crippen molar-refractivity contribution in [3.63, 3.8) is 0 Å². The van der Waals surface area contributed by atoms with Crippen LogP contribution >= 0.6 is 0 Å². The summed E-state index contributed by atoms with van der Waals surface area (Å²) in [6.45, 7) is 7.00. The van der Waals surface area contributed by atoms with E-state index in [4.69, 9.17) is 9.47 Å². The number of carbonyl (C=O) groups is 3. The lowest BCUT2D eigenvalue weighted by Crippen LogP contribution is -2.51. The number of nitrogens with zero attached hydrogens (tertiary/aromatic N) is 2. The summed E-state index contributed by atoms with van der Waals surface area (Å²) in [4.78, 5) is 44.6. The highest BCUT2D eigenvalue weighted by Crippen LogP contribution is 2.21. The minimum Gasteiger partial charge on any atom is -0.460 e. The molecule has 33 heavy (non-hydrogen) atoms. The molecule has 2 N–H and O–H groups in total. The first-order valence-electron chi connectivity index (χ1n) is 11.1. The number of aryl methyl sites for hydroxylation is 1. The average Bonchev–Trinajstić information content (AvgIpc) is 3.12. The summed E-state index contributed by atoms with van der Waals surface area (Å²) in [7, 11) is 1.54. The van der Waals surface area contributed by atoms with Gasteiger partial charge in [0.25, 0.3) is 5.91 Å². The van der Waals surface area contributed by atoms with Crippen LogP contribution in [-0.2, 0) is 20.8 Å². The molecule has 2 amide bonds. The first kappa shape index (κ1) is 24.5. The van der Waals surface area contributed by atoms with E-state index in [0.29, 0.717) is 68.4 Å². The number of methoxy groups -OCH3 is 1. The van der Waals surface area contributed by atoms with Crippen LogP contribution in [0.2, 0.25) is 0 Å². The molecule has 9 nitrogen and oxygen atoms in total. The number of hydrogen-bond donors (Lipinski definition) is 2. The van der Waals surface area contributed by atoms with Crippen LogP contribution in [0.15, 0.2) is 30.3 Å². The Labute approximate surface area is 194 Å². The van der Waals surface area contributed by atoms with Crippen molar-refractivity contribution in [2.75, 3.05) is 53.0 Å². The predicted octanol–water partition coefficient (Wildman–Crippen LogP) is 1.51. The van der Waals surface area contributed by atoms with Gasteiger partial charge in [-0.15, -0.1) is 0 Å². The summed E-state index contributed by atoms with van der Waals surface area (Å²) in [5.74, 6) is -0.658. The standard InChI is InChI=1S/C24H32N4O5/c1-17-21(24(31)33-14-13-32-3)18(2)26-22(17)23(30)28-11-9-27(10-12-28)16-20(29)25-15-19-7-5-4-6-8-19/h4-8,26H,9-16H2,1-3H3,(H,25,29). The van der Waals surface area contributed by atoms with E-state index >= 15 is 0 Å². The fourth-order valence-electron chi connectivity index (χ4n) is 3.88. The number of carbonyl (C=O) groups excluding carboxylic acids is 3. The van der Waals surface area contributed by atoms with Gasteiger partial charge in [0.15, 0.2) is 0 Å². The second-order valence-electron chi connectivity index (χ2n) is 8.08. The zero-order valence-corrected chi connectivity index (χ0v) is 19.5. The van der Waals surface area contributed by atoms with E-state index in [-0.39, 0.29) is 18.4 Å². The summed E-state index contributed by atoms with van der Waals surface area (Å²) >= 11 is 0. The highest BCUT2D eigenvalue weighted by Gasteiger charge is 2.28. The van der Waals surface area contributed by atoms with Gasteiger partial charge in [-0.2, -0.15) is 0 Å². The van der Waals surface area contributed by atoms with Crippen LogP contribution in [0.4, 0.5) is 0 Å². The quantitative estimate of drug-likeness (QED) is 0.438. The van der Waals surface area contributed by atoms with Gasteiger partial charge in [0.05, 0.1) is 18.7 Å². The van der Waals surface area contributed by atoms with Crippen molar-refractivity contribution < 1.29 is 23.9 Å². The van der Waals surface area contributed by atoms with Crippen LogP contribution in [0.3, 0.4) is 0 Å². The second-order valence-corrected chi connectivity index (χ2v) is 8.08. The highest BCUT2D eigenvalue weighted by molar-refractivity contribution is 6.00. The number of aromatic nitrogens is 1. The molecule has 0 aliphatic carbocycles. The smallest absolute Gasteiger partial charge is 0.340 e. The number of H-pyrrole nitrogens is 1. The Hall–Kier alpha value is -3.17. The molecule has 0 unspecified atom stereocenters. The molecule has 0 radical (unpaired) electrons. The van der Waals surface area contributed by atoms with Crippen LogP contribution in [0, 0.1) is 13.8 Å². The topological polar surface area (TPSA) is 104 Å². The molecule has 1 fully saturated rings. The third kappa shape index (κ3) is 6.43. The third-order valence-corrected chi connectivity index (χ3v) is 5.74. The molecule has 1 aromatic heterocycles. The van der Waals surface area contributed by atoms with Gasteiger partial charge in [0.2, 0.25) is 5.91 Å². The van der Waals surface area contributed by atoms with E-state index < -0.39 is 5.97 Å². The maximum Gasteiger partial charge on any atom is 0.340 e. The van der Waals surface area contributed by atoms with E-state index in [1.165, 1.54) is 7.11 Å². The van der Waals surface area contributed by atoms with Crippen molar-refractivity contribution in [2.24, 2.45) is 0 Å². The van der Waals surface area contributed by atoms with Crippen molar-refractivity contribution in [3.05, 3.63) is 58.4 Å². The minimum atomic E-state index is -0.469. The first-order chi connectivity index (χ1) is 15.9. The lowest BCUT2D eigenvalue weighted by Gasteiger charge is -2.34. The molecule has 3 rings (SSSR count). The van der Waals surface area contributed by atoms with Crippen molar-refractivity contribution in [2.45, 2.75) is 20.4 Å². The number of benzene rings is 1. The van der Waals surface area contributed by atoms with E-state index in [1.807, 2.05) is 35.2 Å². The molecule has 1 aliphatic rings. The Morgan fingerprint density at radius 3 is 2.39 bits per heavy atom. The molecule has 1 aromatic carbocycles. The predicted molar refractivity (Wildman–Crippen MR) is 123 cm³/mol. The van der Waals surface area contributed by atoms with Crippen molar-refractivity contribution in [3.8, 4) is 0 Å². The third-order valence-electron chi connectivity index (χ3n) is 5.74. The maximum atomic E-state index is 13.1. The van der Waals surface area contributed by atoms with Crippen LogP contribution in [0.25, 0.3) is 0 Å². The fraction of sp³-hybridized carbons (Fsp3) is 0.458. The summed E-state index contributed by atoms with van der Waals surface area (Å²) in [6, 6.07) is 9.77. The van der Waals surface area contributed by atoms with E-state index in [0.717, 1.165) is 5.56 Å². The number of hydrogen-bond acceptors (Lipinski definition) is 6. The number of piperazine rings is 1. The SMILES string of the molecule is COCCOC(=O)c1c(C)[nH]c(C(=O)N2CCN(CC(=O)NCc3ccccc3)CC2)c1C. The van der Waals surface area contributed by atoms with Crippen LogP contribution in [-0.4, -0.2) is 85.6 Å². The van der Waals surface area contributed by atoms with E-state index in [1.54, 1.807) is 18.7 Å². The summed E-state index contributed by atoms with van der Waals surface area (Å²) in [5.41, 5.74) is 3.04. The second kappa shape index (κ2) is 11.6. The zero-order valence-electron chi connectivity index (χ0n) is 19.5. The molecule has 2 aromatic rings. The average molecular weight is 457 g/mol. The highest BCUT2D eigenvalue weighted by atomic mass is 16.6. The van der Waals surface area contributed by atoms with Crippen LogP contribution in [0.5, 0.6) is 0 Å². The van der Waals surface area contributed by atoms with Gasteiger partial charge in [-0.3, -0.25) is 14.5 Å². The number of aromatic amines is 1. The molecule has 2 heterocycles. The number of amides is 2. The van der Waals surface area contributed by atoms with Gasteiger partial charge < -0.3 is 24.7 Å². The van der Waals surface area contributed by atoms with Crippen molar-refractivity contribution in [1.29, 1.82) is 0 Å². The number of rotatable bonds is 9. The molecule has 1 saturated heterocycles. The molecular weight excluding hydrogens is 424 g/mol. The van der Waals surface area contributed by atoms with Crippen LogP contribution in [0.1, 0.15) is 37.7 Å². The lowest BCUT2D eigenvalue weighted by molar-refractivity contribution is -0.122. The molecule has 0 saturated carbocycles. The van der Waals surface area contributed by atoms with Gasteiger partial charge in [0, 0.05) is 45.5 Å². The first-order valence-corrected chi connectivity index (χ1v) is 11.1. The Bertz CT molecular complexity index is 965. The normalized spacial score (nSPS) is 14.2. The molecule has 1 aliphatic heterocycles. The Morgan fingerprint density at radius 2 is 1.73 bits per heavy atom. The zero-order chi connectivity index (χ0) is 23.8. The summed E-state index contributed by atoms with van der Waals surface area (Å²) < 4.78 is 10.1. The summed E-state index contributed by atoms with van der Waals surface area (Å²) in [6.07, 6.45) is 0. The molecule has 0 atom stereocenters. The molecular formula is C24H32N4O5. The molecule has 9 heteroatoms. The largest absolute Gasteiger partial charge is 0.460 e. The fourth-order valence-corrected chi connectivity index (χ4v) is 3.88. The molecule has 0 spiro atoms. The van der Waals surface area contributed by atoms with Gasteiger partial charge in [-0.25, -0.2) is 4.79 Å². The molecule has 178 valence electrons. The van der Waals surface area contributed by atoms with E-state index in [2.05, 4.69) is 10.3 Å². The van der Waals surface area contributed by atoms with Gasteiger partial charge in [-0.1, -0.05) is 30.3 Å². The number of nitrogens with one attached hydrogen (secondary N) is 2. The van der Waals surface area contributed by atoms with Gasteiger partial charge in [-0.05, 0) is 25.0 Å². The monoisotopic (exact) mass is 456 g/mol. The van der Waals surface area contributed by atoms with Crippen LogP contribution < -0.4 is 5.32 Å². The summed E-state index contributed by atoms with van der Waals surface area (Å²) in [5, 5.41) is 2.93. The van der Waals surface area contributed by atoms with Crippen molar-refractivity contribution in [1.82, 2.24) is 20.1 Å². The van der Waals surface area contributed by atoms with E-state index in [9.17, 15) is 14.4 Å². The number of esters is 1. The maximum absolute atomic E-state index is 13.1. The Kier molecular flexibility index (Phi) is 8.62. The van der Waals surface area contributed by atoms with Crippen molar-refractivity contribution >= 4 is 17.8 Å². The molecule has 0 bridgehead atoms. The number of ether oxygens (including phenoxy) is 2. The van der Waals surface area contributed by atoms with Gasteiger partial charge in [0.1, 0.15) is 12.3 Å². The Balaban J connectivity index is 1.50. The lowest BCUT2D eigenvalue weighted by atomic mass is 10.1. The Morgan fingerprint density at radius 1 is 1.03 bits per heavy atom.